The van der Waals surface area contributed by atoms with E-state index in [-0.39, 0.29) is 11.9 Å². The van der Waals surface area contributed by atoms with E-state index in [2.05, 4.69) is 15.5 Å². The van der Waals surface area contributed by atoms with Gasteiger partial charge < -0.3 is 10.4 Å². The number of rotatable bonds is 2. The van der Waals surface area contributed by atoms with Gasteiger partial charge in [-0.25, -0.2) is 0 Å². The molecule has 2 atom stereocenters. The summed E-state index contributed by atoms with van der Waals surface area (Å²) < 4.78 is 0. The van der Waals surface area contributed by atoms with Crippen LogP contribution in [0.15, 0.2) is 24.3 Å². The van der Waals surface area contributed by atoms with Gasteiger partial charge in [-0.15, -0.1) is 0 Å². The molecular formula is C14H17N3O2. The summed E-state index contributed by atoms with van der Waals surface area (Å²) in [6.45, 7) is 0. The Kier molecular flexibility index (Phi) is 3.21. The molecule has 19 heavy (non-hydrogen) atoms. The van der Waals surface area contributed by atoms with E-state index in [1.54, 1.807) is 0 Å². The number of para-hydroxylation sites is 1. The summed E-state index contributed by atoms with van der Waals surface area (Å²) in [6.07, 6.45) is 3.21. The Morgan fingerprint density at radius 3 is 2.95 bits per heavy atom. The molecule has 0 bridgehead atoms. The molecule has 0 spiro atoms. The third-order valence-corrected chi connectivity index (χ3v) is 3.73. The van der Waals surface area contributed by atoms with Crippen molar-refractivity contribution in [3.8, 4) is 0 Å². The monoisotopic (exact) mass is 259 g/mol. The Bertz CT molecular complexity index is 593. The fourth-order valence-electron chi connectivity index (χ4n) is 2.65. The summed E-state index contributed by atoms with van der Waals surface area (Å²) in [5.41, 5.74) is 1.24. The molecule has 0 radical (unpaired) electrons. The molecule has 1 saturated carbocycles. The van der Waals surface area contributed by atoms with Crippen molar-refractivity contribution in [1.82, 2.24) is 15.5 Å². The summed E-state index contributed by atoms with van der Waals surface area (Å²) in [6, 6.07) is 7.37. The van der Waals surface area contributed by atoms with Gasteiger partial charge in [0.15, 0.2) is 5.69 Å². The van der Waals surface area contributed by atoms with Crippen molar-refractivity contribution in [2.45, 2.75) is 37.8 Å². The summed E-state index contributed by atoms with van der Waals surface area (Å²) in [5.74, 6) is -0.219. The number of hydrogen-bond donors (Lipinski definition) is 3. The van der Waals surface area contributed by atoms with Gasteiger partial charge in [-0.2, -0.15) is 5.10 Å². The predicted octanol–water partition coefficient (Wildman–Crippen LogP) is 1.60. The average Bonchev–Trinajstić information content (AvgIpc) is 2.85. The third-order valence-electron chi connectivity index (χ3n) is 3.73. The van der Waals surface area contributed by atoms with Crippen LogP contribution in [0.1, 0.15) is 36.2 Å². The summed E-state index contributed by atoms with van der Waals surface area (Å²) in [4.78, 5) is 12.2. The van der Waals surface area contributed by atoms with Crippen LogP contribution in [0.2, 0.25) is 0 Å². The minimum atomic E-state index is -0.442. The maximum absolute atomic E-state index is 12.2. The van der Waals surface area contributed by atoms with Crippen LogP contribution in [0.25, 0.3) is 10.9 Å². The van der Waals surface area contributed by atoms with E-state index in [1.807, 2.05) is 24.3 Å². The number of carbonyl (C=O) groups is 1. The van der Waals surface area contributed by atoms with E-state index in [0.717, 1.165) is 36.6 Å². The molecule has 1 aliphatic rings. The first-order chi connectivity index (χ1) is 9.25. The molecule has 3 N–H and O–H groups in total. The Balaban J connectivity index is 1.80. The van der Waals surface area contributed by atoms with Crippen LogP contribution >= 0.6 is 0 Å². The number of aromatic amines is 1. The number of carbonyl (C=O) groups excluding carboxylic acids is 1. The molecular weight excluding hydrogens is 242 g/mol. The highest BCUT2D eigenvalue weighted by molar-refractivity contribution is 6.04. The maximum Gasteiger partial charge on any atom is 0.272 e. The van der Waals surface area contributed by atoms with Gasteiger partial charge in [-0.3, -0.25) is 9.89 Å². The number of benzene rings is 1. The third kappa shape index (κ3) is 2.33. The molecule has 5 nitrogen and oxygen atoms in total. The van der Waals surface area contributed by atoms with Crippen LogP contribution in [0.5, 0.6) is 0 Å². The topological polar surface area (TPSA) is 78.0 Å². The number of hydrogen-bond acceptors (Lipinski definition) is 3. The number of H-pyrrole nitrogens is 1. The van der Waals surface area contributed by atoms with Crippen molar-refractivity contribution >= 4 is 16.8 Å². The van der Waals surface area contributed by atoms with Gasteiger partial charge in [0.05, 0.1) is 17.7 Å². The van der Waals surface area contributed by atoms with Gasteiger partial charge >= 0.3 is 0 Å². The highest BCUT2D eigenvalue weighted by Gasteiger charge is 2.26. The van der Waals surface area contributed by atoms with Crippen LogP contribution in [-0.4, -0.2) is 33.4 Å². The SMILES string of the molecule is O=C(N[C@@H]1CCCC[C@H]1O)c1n[nH]c2ccccc12. The lowest BCUT2D eigenvalue weighted by Gasteiger charge is -2.28. The number of aliphatic hydroxyl groups excluding tert-OH is 1. The second-order valence-electron chi connectivity index (χ2n) is 5.05. The Hall–Kier alpha value is -1.88. The van der Waals surface area contributed by atoms with Gasteiger partial charge in [-0.1, -0.05) is 31.0 Å². The lowest BCUT2D eigenvalue weighted by atomic mass is 9.92. The Labute approximate surface area is 111 Å². The van der Waals surface area contributed by atoms with Crippen molar-refractivity contribution in [1.29, 1.82) is 0 Å². The highest BCUT2D eigenvalue weighted by Crippen LogP contribution is 2.20. The van der Waals surface area contributed by atoms with Crippen molar-refractivity contribution in [2.24, 2.45) is 0 Å². The number of amides is 1. The fraction of sp³-hybridized carbons (Fsp3) is 0.429. The first-order valence-corrected chi connectivity index (χ1v) is 6.68. The number of fused-ring (bicyclic) bond motifs is 1. The van der Waals surface area contributed by atoms with Gasteiger partial charge in [0.2, 0.25) is 0 Å². The molecule has 1 heterocycles. The second-order valence-corrected chi connectivity index (χ2v) is 5.05. The molecule has 1 amide bonds. The quantitative estimate of drug-likeness (QED) is 0.766. The highest BCUT2D eigenvalue weighted by atomic mass is 16.3. The molecule has 0 saturated heterocycles. The van der Waals surface area contributed by atoms with Crippen LogP contribution in [0, 0.1) is 0 Å². The van der Waals surface area contributed by atoms with Crippen molar-refractivity contribution in [2.75, 3.05) is 0 Å². The van der Waals surface area contributed by atoms with Gasteiger partial charge in [0.25, 0.3) is 5.91 Å². The fourth-order valence-corrected chi connectivity index (χ4v) is 2.65. The first-order valence-electron chi connectivity index (χ1n) is 6.68. The number of nitrogens with one attached hydrogen (secondary N) is 2. The summed E-state index contributed by atoms with van der Waals surface area (Å²) in [7, 11) is 0. The molecule has 1 aromatic heterocycles. The zero-order chi connectivity index (χ0) is 13.2. The van der Waals surface area contributed by atoms with E-state index in [0.29, 0.717) is 5.69 Å². The molecule has 5 heteroatoms. The molecule has 0 aliphatic heterocycles. The van der Waals surface area contributed by atoms with E-state index >= 15 is 0 Å². The largest absolute Gasteiger partial charge is 0.391 e. The number of aliphatic hydroxyl groups is 1. The zero-order valence-electron chi connectivity index (χ0n) is 10.6. The Morgan fingerprint density at radius 2 is 2.11 bits per heavy atom. The van der Waals surface area contributed by atoms with E-state index in [4.69, 9.17) is 0 Å². The zero-order valence-corrected chi connectivity index (χ0v) is 10.6. The lowest BCUT2D eigenvalue weighted by molar-refractivity contribution is 0.0715. The average molecular weight is 259 g/mol. The van der Waals surface area contributed by atoms with Gasteiger partial charge in [-0.05, 0) is 18.9 Å². The van der Waals surface area contributed by atoms with Crippen molar-refractivity contribution < 1.29 is 9.90 Å². The summed E-state index contributed by atoms with van der Waals surface area (Å²) >= 11 is 0. The minimum Gasteiger partial charge on any atom is -0.391 e. The predicted molar refractivity (Wildman–Crippen MR) is 71.8 cm³/mol. The second kappa shape index (κ2) is 5.01. The Morgan fingerprint density at radius 1 is 1.32 bits per heavy atom. The van der Waals surface area contributed by atoms with Crippen LogP contribution < -0.4 is 5.32 Å². The van der Waals surface area contributed by atoms with Gasteiger partial charge in [0.1, 0.15) is 0 Å². The summed E-state index contributed by atoms with van der Waals surface area (Å²) in [5, 5.41) is 20.5. The van der Waals surface area contributed by atoms with Crippen molar-refractivity contribution in [3.63, 3.8) is 0 Å². The molecule has 1 aromatic carbocycles. The van der Waals surface area contributed by atoms with Crippen LogP contribution in [0.3, 0.4) is 0 Å². The van der Waals surface area contributed by atoms with Crippen LogP contribution in [0.4, 0.5) is 0 Å². The lowest BCUT2D eigenvalue weighted by Crippen LogP contribution is -2.45. The molecule has 1 fully saturated rings. The molecule has 3 rings (SSSR count). The molecule has 2 aromatic rings. The standard InChI is InChI=1S/C14H17N3O2/c18-12-8-4-3-7-11(12)15-14(19)13-9-5-1-2-6-10(9)16-17-13/h1-2,5-6,11-12,18H,3-4,7-8H2,(H,15,19)(H,16,17)/t11-,12-/m1/s1. The first kappa shape index (κ1) is 12.2. The molecule has 100 valence electrons. The number of aromatic nitrogens is 2. The minimum absolute atomic E-state index is 0.156. The number of nitrogens with zero attached hydrogens (tertiary/aromatic N) is 1. The maximum atomic E-state index is 12.2. The smallest absolute Gasteiger partial charge is 0.272 e. The van der Waals surface area contributed by atoms with Crippen LogP contribution in [-0.2, 0) is 0 Å². The van der Waals surface area contributed by atoms with E-state index in [1.165, 1.54) is 0 Å². The van der Waals surface area contributed by atoms with E-state index < -0.39 is 6.10 Å². The molecule has 1 aliphatic carbocycles. The van der Waals surface area contributed by atoms with E-state index in [9.17, 15) is 9.90 Å². The van der Waals surface area contributed by atoms with Crippen molar-refractivity contribution in [3.05, 3.63) is 30.0 Å². The molecule has 0 unspecified atom stereocenters. The normalized spacial score (nSPS) is 23.4. The van der Waals surface area contributed by atoms with Gasteiger partial charge in [0, 0.05) is 5.39 Å².